The molecule has 23 heavy (non-hydrogen) atoms. The summed E-state index contributed by atoms with van der Waals surface area (Å²) in [5.41, 5.74) is 5.82. The second-order valence-corrected chi connectivity index (χ2v) is 7.04. The van der Waals surface area contributed by atoms with Gasteiger partial charge >= 0.3 is 0 Å². The fraction of sp³-hybridized carbons (Fsp3) is 0.562. The normalized spacial score (nSPS) is 21.6. The molecule has 3 rings (SSSR count). The Balaban J connectivity index is 1.56. The summed E-state index contributed by atoms with van der Waals surface area (Å²) in [5, 5.41) is 5.94. The lowest BCUT2D eigenvalue weighted by Gasteiger charge is -2.38. The minimum Gasteiger partial charge on any atom is -0.339 e. The Labute approximate surface area is 139 Å². The Morgan fingerprint density at radius 2 is 2.43 bits per heavy atom. The van der Waals surface area contributed by atoms with E-state index in [1.807, 2.05) is 22.4 Å². The molecule has 2 aromatic heterocycles. The number of carbonyl (C=O) groups excluding carboxylic acids is 1. The number of thiophene rings is 1. The summed E-state index contributed by atoms with van der Waals surface area (Å²) >= 11 is 1.57. The van der Waals surface area contributed by atoms with Crippen LogP contribution in [0.3, 0.4) is 0 Å². The van der Waals surface area contributed by atoms with Crippen molar-refractivity contribution < 1.29 is 9.32 Å². The van der Waals surface area contributed by atoms with Gasteiger partial charge in [-0.2, -0.15) is 4.98 Å². The van der Waals surface area contributed by atoms with Gasteiger partial charge in [-0.15, -0.1) is 11.3 Å². The Hall–Kier alpha value is -1.73. The Morgan fingerprint density at radius 1 is 1.57 bits per heavy atom. The third-order valence-corrected chi connectivity index (χ3v) is 5.20. The highest BCUT2D eigenvalue weighted by atomic mass is 32.1. The SMILES string of the molecule is CC1CCN(C(=O)CCc2nc(-c3cccs3)no2)C(CN)C1. The van der Waals surface area contributed by atoms with Crippen molar-refractivity contribution in [2.45, 2.75) is 38.6 Å². The molecule has 0 bridgehead atoms. The van der Waals surface area contributed by atoms with Gasteiger partial charge in [0.25, 0.3) is 0 Å². The summed E-state index contributed by atoms with van der Waals surface area (Å²) in [6.07, 6.45) is 2.90. The molecule has 0 spiro atoms. The van der Waals surface area contributed by atoms with Gasteiger partial charge in [-0.3, -0.25) is 4.79 Å². The van der Waals surface area contributed by atoms with Gasteiger partial charge in [0.05, 0.1) is 4.88 Å². The van der Waals surface area contributed by atoms with Crippen molar-refractivity contribution in [1.29, 1.82) is 0 Å². The van der Waals surface area contributed by atoms with E-state index < -0.39 is 0 Å². The molecule has 1 aliphatic heterocycles. The minimum atomic E-state index is 0.128. The van der Waals surface area contributed by atoms with Gasteiger partial charge in [0, 0.05) is 32.0 Å². The predicted molar refractivity (Wildman–Crippen MR) is 88.9 cm³/mol. The molecular formula is C16H22N4O2S. The molecule has 0 radical (unpaired) electrons. The molecule has 2 unspecified atom stereocenters. The largest absolute Gasteiger partial charge is 0.339 e. The first-order chi connectivity index (χ1) is 11.2. The minimum absolute atomic E-state index is 0.128. The molecule has 1 saturated heterocycles. The highest BCUT2D eigenvalue weighted by Gasteiger charge is 2.28. The van der Waals surface area contributed by atoms with Crippen LogP contribution in [-0.2, 0) is 11.2 Å². The quantitative estimate of drug-likeness (QED) is 0.907. The highest BCUT2D eigenvalue weighted by molar-refractivity contribution is 7.13. The zero-order chi connectivity index (χ0) is 16.2. The van der Waals surface area contributed by atoms with E-state index in [9.17, 15) is 4.79 Å². The molecule has 1 aliphatic rings. The number of carbonyl (C=O) groups is 1. The van der Waals surface area contributed by atoms with Gasteiger partial charge < -0.3 is 15.2 Å². The maximum absolute atomic E-state index is 12.5. The molecule has 124 valence electrons. The summed E-state index contributed by atoms with van der Waals surface area (Å²) in [7, 11) is 0. The van der Waals surface area contributed by atoms with E-state index in [2.05, 4.69) is 17.1 Å². The van der Waals surface area contributed by atoms with Crippen LogP contribution in [-0.4, -0.2) is 40.1 Å². The molecular weight excluding hydrogens is 312 g/mol. The lowest BCUT2D eigenvalue weighted by molar-refractivity contribution is -0.135. The fourth-order valence-corrected chi connectivity index (χ4v) is 3.67. The zero-order valence-corrected chi connectivity index (χ0v) is 14.1. The van der Waals surface area contributed by atoms with E-state index in [4.69, 9.17) is 10.3 Å². The van der Waals surface area contributed by atoms with E-state index in [0.29, 0.717) is 37.0 Å². The van der Waals surface area contributed by atoms with Crippen molar-refractivity contribution >= 4 is 17.2 Å². The third-order valence-electron chi connectivity index (χ3n) is 4.33. The summed E-state index contributed by atoms with van der Waals surface area (Å²) in [5.74, 6) is 1.87. The monoisotopic (exact) mass is 334 g/mol. The van der Waals surface area contributed by atoms with E-state index in [1.54, 1.807) is 11.3 Å². The Kier molecular flexibility index (Phi) is 5.07. The number of piperidine rings is 1. The fourth-order valence-electron chi connectivity index (χ4n) is 3.02. The second-order valence-electron chi connectivity index (χ2n) is 6.10. The first-order valence-electron chi connectivity index (χ1n) is 8.03. The number of hydrogen-bond acceptors (Lipinski definition) is 6. The van der Waals surface area contributed by atoms with Crippen molar-refractivity contribution in [2.24, 2.45) is 11.7 Å². The molecule has 7 heteroatoms. The van der Waals surface area contributed by atoms with Crippen molar-refractivity contribution in [1.82, 2.24) is 15.0 Å². The number of likely N-dealkylation sites (tertiary alicyclic amines) is 1. The number of aryl methyl sites for hydroxylation is 1. The average molecular weight is 334 g/mol. The molecule has 1 amide bonds. The van der Waals surface area contributed by atoms with Gasteiger partial charge in [-0.1, -0.05) is 18.1 Å². The van der Waals surface area contributed by atoms with Crippen LogP contribution < -0.4 is 5.73 Å². The Morgan fingerprint density at radius 3 is 3.17 bits per heavy atom. The number of hydrogen-bond donors (Lipinski definition) is 1. The summed E-state index contributed by atoms with van der Waals surface area (Å²) in [4.78, 5) is 19.7. The lowest BCUT2D eigenvalue weighted by atomic mass is 9.92. The zero-order valence-electron chi connectivity index (χ0n) is 13.3. The molecule has 3 heterocycles. The van der Waals surface area contributed by atoms with E-state index >= 15 is 0 Å². The third kappa shape index (κ3) is 3.79. The predicted octanol–water partition coefficient (Wildman–Crippen LogP) is 2.32. The van der Waals surface area contributed by atoms with Gasteiger partial charge in [0.15, 0.2) is 0 Å². The van der Waals surface area contributed by atoms with Crippen molar-refractivity contribution in [3.8, 4) is 10.7 Å². The van der Waals surface area contributed by atoms with Crippen LogP contribution in [0.1, 0.15) is 32.1 Å². The molecule has 2 atom stereocenters. The topological polar surface area (TPSA) is 85.2 Å². The molecule has 6 nitrogen and oxygen atoms in total. The van der Waals surface area contributed by atoms with Crippen molar-refractivity contribution in [2.75, 3.05) is 13.1 Å². The lowest BCUT2D eigenvalue weighted by Crippen LogP contribution is -2.49. The number of rotatable bonds is 5. The van der Waals surface area contributed by atoms with Gasteiger partial charge in [0.2, 0.25) is 17.6 Å². The van der Waals surface area contributed by atoms with Gasteiger partial charge in [-0.25, -0.2) is 0 Å². The highest BCUT2D eigenvalue weighted by Crippen LogP contribution is 2.24. The van der Waals surface area contributed by atoms with Crippen LogP contribution in [0.4, 0.5) is 0 Å². The van der Waals surface area contributed by atoms with Crippen LogP contribution >= 0.6 is 11.3 Å². The number of aromatic nitrogens is 2. The van der Waals surface area contributed by atoms with Crippen molar-refractivity contribution in [3.05, 3.63) is 23.4 Å². The first-order valence-corrected chi connectivity index (χ1v) is 8.91. The molecule has 0 aliphatic carbocycles. The number of amides is 1. The van der Waals surface area contributed by atoms with Crippen LogP contribution in [0.5, 0.6) is 0 Å². The summed E-state index contributed by atoms with van der Waals surface area (Å²) in [6.45, 7) is 3.54. The molecule has 0 aromatic carbocycles. The summed E-state index contributed by atoms with van der Waals surface area (Å²) in [6, 6.07) is 4.06. The molecule has 2 aromatic rings. The standard InChI is InChI=1S/C16H22N4O2S/c1-11-6-7-20(12(9-11)10-17)15(21)5-4-14-18-16(19-22-14)13-3-2-8-23-13/h2-3,8,11-12H,4-7,9-10,17H2,1H3. The molecule has 1 fully saturated rings. The van der Waals surface area contributed by atoms with Crippen molar-refractivity contribution in [3.63, 3.8) is 0 Å². The molecule has 0 saturated carbocycles. The summed E-state index contributed by atoms with van der Waals surface area (Å²) < 4.78 is 5.25. The van der Waals surface area contributed by atoms with Gasteiger partial charge in [-0.05, 0) is 30.2 Å². The first kappa shape index (κ1) is 16.1. The average Bonchev–Trinajstić information content (AvgIpc) is 3.23. The maximum atomic E-state index is 12.5. The van der Waals surface area contributed by atoms with E-state index in [0.717, 1.165) is 24.3 Å². The van der Waals surface area contributed by atoms with Crippen LogP contribution in [0, 0.1) is 5.92 Å². The van der Waals surface area contributed by atoms with E-state index in [-0.39, 0.29) is 11.9 Å². The van der Waals surface area contributed by atoms with Crippen LogP contribution in [0.2, 0.25) is 0 Å². The van der Waals surface area contributed by atoms with Gasteiger partial charge in [0.1, 0.15) is 0 Å². The molecule has 2 N–H and O–H groups in total. The number of nitrogens with zero attached hydrogens (tertiary/aromatic N) is 3. The smallest absolute Gasteiger partial charge is 0.227 e. The second kappa shape index (κ2) is 7.23. The number of nitrogens with two attached hydrogens (primary N) is 1. The van der Waals surface area contributed by atoms with E-state index in [1.165, 1.54) is 0 Å². The van der Waals surface area contributed by atoms with Crippen LogP contribution in [0.25, 0.3) is 10.7 Å². The maximum Gasteiger partial charge on any atom is 0.227 e. The Bertz CT molecular complexity index is 640. The van der Waals surface area contributed by atoms with Crippen LogP contribution in [0.15, 0.2) is 22.0 Å².